The number of hydrogen-bond donors (Lipinski definition) is 2. The summed E-state index contributed by atoms with van der Waals surface area (Å²) in [4.78, 5) is 25.2. The summed E-state index contributed by atoms with van der Waals surface area (Å²) in [5.41, 5.74) is -0.0362. The van der Waals surface area contributed by atoms with E-state index < -0.39 is 17.6 Å². The van der Waals surface area contributed by atoms with Gasteiger partial charge in [-0.25, -0.2) is 4.79 Å². The molecule has 2 N–H and O–H groups in total. The van der Waals surface area contributed by atoms with Gasteiger partial charge in [-0.3, -0.25) is 4.79 Å². The van der Waals surface area contributed by atoms with Gasteiger partial charge in [0.05, 0.1) is 0 Å². The van der Waals surface area contributed by atoms with E-state index in [4.69, 9.17) is 4.74 Å². The summed E-state index contributed by atoms with van der Waals surface area (Å²) in [6.45, 7) is 2.43. The summed E-state index contributed by atoms with van der Waals surface area (Å²) < 4.78 is 5.32. The molecule has 22 heavy (non-hydrogen) atoms. The molecule has 6 nitrogen and oxygen atoms in total. The van der Waals surface area contributed by atoms with Gasteiger partial charge in [-0.15, -0.1) is 0 Å². The Balaban J connectivity index is 1.93. The summed E-state index contributed by atoms with van der Waals surface area (Å²) in [6.07, 6.45) is 0.328. The number of nitrogens with one attached hydrogen (secondary N) is 1. The Kier molecular flexibility index (Phi) is 5.03. The largest absolute Gasteiger partial charge is 0.480 e. The summed E-state index contributed by atoms with van der Waals surface area (Å²) in [5.74, 6) is -0.876. The summed E-state index contributed by atoms with van der Waals surface area (Å²) >= 11 is 0. The van der Waals surface area contributed by atoms with Crippen LogP contribution >= 0.6 is 0 Å². The first-order valence-electron chi connectivity index (χ1n) is 7.38. The quantitative estimate of drug-likeness (QED) is 0.887. The highest BCUT2D eigenvalue weighted by molar-refractivity contribution is 5.79. The molecule has 0 bridgehead atoms. The van der Waals surface area contributed by atoms with Gasteiger partial charge >= 0.3 is 12.1 Å². The number of ether oxygens (including phenoxy) is 1. The van der Waals surface area contributed by atoms with Crippen molar-refractivity contribution < 1.29 is 19.4 Å². The second-order valence-electron chi connectivity index (χ2n) is 5.67. The van der Waals surface area contributed by atoms with Crippen LogP contribution in [0.1, 0.15) is 25.3 Å². The van der Waals surface area contributed by atoms with Gasteiger partial charge in [0.15, 0.2) is 0 Å². The Morgan fingerprint density at radius 2 is 2.09 bits per heavy atom. The topological polar surface area (TPSA) is 78.9 Å². The molecular formula is C16H22N2O4. The number of carboxylic acids is 1. The molecule has 0 saturated carbocycles. The molecule has 0 spiro atoms. The fourth-order valence-electron chi connectivity index (χ4n) is 2.85. The first kappa shape index (κ1) is 16.3. The number of hydrogen-bond acceptors (Lipinski definition) is 4. The molecule has 0 aliphatic carbocycles. The minimum atomic E-state index is -0.963. The van der Waals surface area contributed by atoms with Gasteiger partial charge in [0.2, 0.25) is 0 Å². The molecule has 1 aromatic rings. The zero-order valence-electron chi connectivity index (χ0n) is 12.9. The molecule has 1 fully saturated rings. The zero-order chi connectivity index (χ0) is 16.2. The van der Waals surface area contributed by atoms with E-state index in [1.54, 1.807) is 11.9 Å². The molecule has 6 heteroatoms. The number of likely N-dealkylation sites (tertiary alicyclic amines) is 1. The Bertz CT molecular complexity index is 534. The third-order valence-corrected chi connectivity index (χ3v) is 4.28. The smallest absolute Gasteiger partial charge is 0.410 e. The number of likely N-dealkylation sites (N-methyl/N-ethyl adjacent to an activating group) is 1. The van der Waals surface area contributed by atoms with Crippen molar-refractivity contribution >= 4 is 12.1 Å². The first-order valence-corrected chi connectivity index (χ1v) is 7.38. The lowest BCUT2D eigenvalue weighted by Crippen LogP contribution is -2.60. The highest BCUT2D eigenvalue weighted by Gasteiger charge is 2.44. The van der Waals surface area contributed by atoms with Gasteiger partial charge in [-0.05, 0) is 32.4 Å². The van der Waals surface area contributed by atoms with Crippen molar-refractivity contribution in [1.82, 2.24) is 10.2 Å². The molecule has 0 unspecified atom stereocenters. The number of nitrogens with zero attached hydrogens (tertiary/aromatic N) is 1. The van der Waals surface area contributed by atoms with Gasteiger partial charge in [0, 0.05) is 12.6 Å². The van der Waals surface area contributed by atoms with Gasteiger partial charge < -0.3 is 20.1 Å². The van der Waals surface area contributed by atoms with Gasteiger partial charge in [-0.2, -0.15) is 0 Å². The maximum Gasteiger partial charge on any atom is 0.410 e. The molecule has 120 valence electrons. The highest BCUT2D eigenvalue weighted by Crippen LogP contribution is 2.27. The predicted octanol–water partition coefficient (Wildman–Crippen LogP) is 1.85. The minimum Gasteiger partial charge on any atom is -0.480 e. The number of carbonyl (C=O) groups is 2. The fourth-order valence-corrected chi connectivity index (χ4v) is 2.85. The predicted molar refractivity (Wildman–Crippen MR) is 81.5 cm³/mol. The van der Waals surface area contributed by atoms with Gasteiger partial charge in [0.25, 0.3) is 0 Å². The number of benzene rings is 1. The number of aliphatic carboxylic acids is 1. The Morgan fingerprint density at radius 1 is 1.41 bits per heavy atom. The minimum absolute atomic E-state index is 0.194. The van der Waals surface area contributed by atoms with Crippen LogP contribution in [0, 0.1) is 0 Å². The highest BCUT2D eigenvalue weighted by atomic mass is 16.6. The van der Waals surface area contributed by atoms with Crippen LogP contribution in [0.15, 0.2) is 30.3 Å². The molecular weight excluding hydrogens is 284 g/mol. The summed E-state index contributed by atoms with van der Waals surface area (Å²) in [7, 11) is 1.64. The van der Waals surface area contributed by atoms with Crippen LogP contribution in [0.4, 0.5) is 4.79 Å². The number of carbonyl (C=O) groups excluding carboxylic acids is 1. The van der Waals surface area contributed by atoms with Crippen LogP contribution in [-0.4, -0.2) is 47.2 Å². The maximum absolute atomic E-state index is 12.2. The van der Waals surface area contributed by atoms with E-state index in [2.05, 4.69) is 5.32 Å². The second kappa shape index (κ2) is 6.79. The SMILES string of the molecule is CN[C@]1(C(=O)O)CCN(C(=O)OCc2ccccc2)[C@@H](C)C1. The summed E-state index contributed by atoms with van der Waals surface area (Å²) in [6, 6.07) is 9.27. The monoisotopic (exact) mass is 306 g/mol. The standard InChI is InChI=1S/C16H22N2O4/c1-12-10-16(17-2,14(19)20)8-9-18(12)15(21)22-11-13-6-4-3-5-7-13/h3-7,12,17H,8-11H2,1-2H3,(H,19,20)/t12-,16+/m0/s1. The Labute approximate surface area is 130 Å². The van der Waals surface area contributed by atoms with Crippen molar-refractivity contribution in [3.05, 3.63) is 35.9 Å². The molecule has 1 aliphatic rings. The molecule has 2 atom stereocenters. The van der Waals surface area contributed by atoms with Crippen LogP contribution < -0.4 is 5.32 Å². The van der Waals surface area contributed by atoms with Crippen LogP contribution in [-0.2, 0) is 16.1 Å². The molecule has 1 aliphatic heterocycles. The van der Waals surface area contributed by atoms with E-state index >= 15 is 0 Å². The molecule has 1 saturated heterocycles. The number of rotatable bonds is 4. The van der Waals surface area contributed by atoms with Crippen molar-refractivity contribution in [2.45, 2.75) is 38.0 Å². The van der Waals surface area contributed by atoms with Crippen LogP contribution in [0.3, 0.4) is 0 Å². The fraction of sp³-hybridized carbons (Fsp3) is 0.500. The van der Waals surface area contributed by atoms with E-state index in [9.17, 15) is 14.7 Å². The lowest BCUT2D eigenvalue weighted by atomic mass is 9.84. The second-order valence-corrected chi connectivity index (χ2v) is 5.67. The zero-order valence-corrected chi connectivity index (χ0v) is 12.9. The molecule has 1 heterocycles. The van der Waals surface area contributed by atoms with E-state index in [-0.39, 0.29) is 12.6 Å². The van der Waals surface area contributed by atoms with Gasteiger partial charge in [0.1, 0.15) is 12.1 Å². The van der Waals surface area contributed by atoms with Crippen LogP contribution in [0.5, 0.6) is 0 Å². The van der Waals surface area contributed by atoms with Crippen molar-refractivity contribution in [2.24, 2.45) is 0 Å². The average Bonchev–Trinajstić information content (AvgIpc) is 2.53. The summed E-state index contributed by atoms with van der Waals surface area (Å²) in [5, 5.41) is 12.3. The third kappa shape index (κ3) is 3.39. The maximum atomic E-state index is 12.2. The van der Waals surface area contributed by atoms with Crippen molar-refractivity contribution in [1.29, 1.82) is 0 Å². The lowest BCUT2D eigenvalue weighted by Gasteiger charge is -2.42. The van der Waals surface area contributed by atoms with E-state index in [1.165, 1.54) is 0 Å². The lowest BCUT2D eigenvalue weighted by molar-refractivity contribution is -0.147. The van der Waals surface area contributed by atoms with E-state index in [0.717, 1.165) is 5.56 Å². The van der Waals surface area contributed by atoms with Crippen LogP contribution in [0.2, 0.25) is 0 Å². The average molecular weight is 306 g/mol. The van der Waals surface area contributed by atoms with Crippen molar-refractivity contribution in [2.75, 3.05) is 13.6 Å². The molecule has 2 rings (SSSR count). The van der Waals surface area contributed by atoms with E-state index in [1.807, 2.05) is 37.3 Å². The van der Waals surface area contributed by atoms with Crippen molar-refractivity contribution in [3.8, 4) is 0 Å². The number of amides is 1. The molecule has 0 radical (unpaired) electrons. The molecule has 1 aromatic carbocycles. The number of piperidine rings is 1. The van der Waals surface area contributed by atoms with E-state index in [0.29, 0.717) is 19.4 Å². The van der Waals surface area contributed by atoms with Crippen LogP contribution in [0.25, 0.3) is 0 Å². The molecule has 1 amide bonds. The Morgan fingerprint density at radius 3 is 2.64 bits per heavy atom. The number of carboxylic acid groups (broad SMARTS) is 1. The molecule has 0 aromatic heterocycles. The normalized spacial score (nSPS) is 24.8. The third-order valence-electron chi connectivity index (χ3n) is 4.28. The Hall–Kier alpha value is -2.08. The first-order chi connectivity index (χ1) is 10.5. The van der Waals surface area contributed by atoms with Crippen molar-refractivity contribution in [3.63, 3.8) is 0 Å². The van der Waals surface area contributed by atoms with Gasteiger partial charge in [-0.1, -0.05) is 30.3 Å².